The van der Waals surface area contributed by atoms with Crippen LogP contribution in [-0.2, 0) is 27.7 Å². The Balaban J connectivity index is 1.71. The second kappa shape index (κ2) is 8.97. The fourth-order valence-electron chi connectivity index (χ4n) is 3.69. The summed E-state index contributed by atoms with van der Waals surface area (Å²) in [5.41, 5.74) is 2.82. The lowest BCUT2D eigenvalue weighted by Gasteiger charge is -2.20. The van der Waals surface area contributed by atoms with E-state index in [1.165, 1.54) is 4.31 Å². The van der Waals surface area contributed by atoms with Crippen molar-refractivity contribution >= 4 is 21.6 Å². The largest absolute Gasteiger partial charge is 0.497 e. The number of aryl methyl sites for hydroxylation is 1. The summed E-state index contributed by atoms with van der Waals surface area (Å²) in [6.07, 6.45) is 1.74. The van der Waals surface area contributed by atoms with Crippen LogP contribution in [0, 0.1) is 0 Å². The normalized spacial score (nSPS) is 13.6. The van der Waals surface area contributed by atoms with Crippen molar-refractivity contribution in [1.82, 2.24) is 4.31 Å². The van der Waals surface area contributed by atoms with Gasteiger partial charge in [0.05, 0.1) is 12.0 Å². The summed E-state index contributed by atoms with van der Waals surface area (Å²) >= 11 is 0. The number of nitrogens with zero attached hydrogens (tertiary/aromatic N) is 2. The van der Waals surface area contributed by atoms with E-state index in [4.69, 9.17) is 4.74 Å². The molecule has 0 bridgehead atoms. The first-order valence-electron chi connectivity index (χ1n) is 9.97. The molecule has 0 aromatic heterocycles. The van der Waals surface area contributed by atoms with Gasteiger partial charge in [0.25, 0.3) is 0 Å². The first-order valence-corrected chi connectivity index (χ1v) is 11.4. The highest BCUT2D eigenvalue weighted by Gasteiger charge is 2.28. The van der Waals surface area contributed by atoms with Crippen LogP contribution in [0.15, 0.2) is 47.4 Å². The number of rotatable bonds is 8. The molecule has 3 rings (SSSR count). The summed E-state index contributed by atoms with van der Waals surface area (Å²) in [6.45, 7) is 5.12. The maximum absolute atomic E-state index is 12.8. The van der Waals surface area contributed by atoms with Crippen molar-refractivity contribution in [2.24, 2.45) is 0 Å². The molecule has 1 amide bonds. The van der Waals surface area contributed by atoms with Crippen LogP contribution in [0.1, 0.15) is 31.4 Å². The van der Waals surface area contributed by atoms with Crippen molar-refractivity contribution in [3.8, 4) is 5.75 Å². The van der Waals surface area contributed by atoms with E-state index in [1.807, 2.05) is 38.1 Å². The van der Waals surface area contributed by atoms with Crippen molar-refractivity contribution in [3.05, 3.63) is 53.6 Å². The minimum atomic E-state index is -3.49. The lowest BCUT2D eigenvalue weighted by atomic mass is 10.1. The zero-order valence-corrected chi connectivity index (χ0v) is 18.0. The lowest BCUT2D eigenvalue weighted by molar-refractivity contribution is -0.118. The highest BCUT2D eigenvalue weighted by molar-refractivity contribution is 7.89. The van der Waals surface area contributed by atoms with Crippen molar-refractivity contribution < 1.29 is 17.9 Å². The SMILES string of the molecule is CCN(CC)S(=O)(=O)c1ccc2c(c1)CCN2C(=O)CCc1ccc(OC)cc1. The van der Waals surface area contributed by atoms with E-state index in [0.29, 0.717) is 43.8 Å². The average Bonchev–Trinajstić information content (AvgIpc) is 3.16. The van der Waals surface area contributed by atoms with Crippen molar-refractivity contribution in [2.45, 2.75) is 38.0 Å². The molecule has 0 N–H and O–H groups in total. The number of carbonyl (C=O) groups is 1. The molecule has 0 aliphatic carbocycles. The van der Waals surface area contributed by atoms with Gasteiger partial charge in [-0.05, 0) is 54.3 Å². The lowest BCUT2D eigenvalue weighted by Crippen LogP contribution is -2.30. The van der Waals surface area contributed by atoms with E-state index in [1.54, 1.807) is 30.2 Å². The minimum Gasteiger partial charge on any atom is -0.497 e. The molecule has 0 unspecified atom stereocenters. The van der Waals surface area contributed by atoms with Gasteiger partial charge < -0.3 is 9.64 Å². The van der Waals surface area contributed by atoms with E-state index in [0.717, 1.165) is 22.6 Å². The topological polar surface area (TPSA) is 66.9 Å². The summed E-state index contributed by atoms with van der Waals surface area (Å²) < 4.78 is 32.1. The number of hydrogen-bond acceptors (Lipinski definition) is 4. The first kappa shape index (κ1) is 21.3. The number of sulfonamides is 1. The molecule has 0 spiro atoms. The monoisotopic (exact) mass is 416 g/mol. The smallest absolute Gasteiger partial charge is 0.243 e. The van der Waals surface area contributed by atoms with Gasteiger partial charge in [0.15, 0.2) is 0 Å². The highest BCUT2D eigenvalue weighted by atomic mass is 32.2. The minimum absolute atomic E-state index is 0.0546. The van der Waals surface area contributed by atoms with Gasteiger partial charge in [0, 0.05) is 31.7 Å². The average molecular weight is 417 g/mol. The predicted molar refractivity (Wildman–Crippen MR) is 114 cm³/mol. The summed E-state index contributed by atoms with van der Waals surface area (Å²) in [7, 11) is -1.87. The molecular formula is C22H28N2O4S. The molecule has 0 saturated heterocycles. The van der Waals surface area contributed by atoms with E-state index in [-0.39, 0.29) is 5.91 Å². The van der Waals surface area contributed by atoms with Gasteiger partial charge in [-0.1, -0.05) is 26.0 Å². The van der Waals surface area contributed by atoms with Gasteiger partial charge in [-0.15, -0.1) is 0 Å². The van der Waals surface area contributed by atoms with Gasteiger partial charge in [0.2, 0.25) is 15.9 Å². The molecule has 0 atom stereocenters. The number of methoxy groups -OCH3 is 1. The van der Waals surface area contributed by atoms with Gasteiger partial charge in [-0.25, -0.2) is 8.42 Å². The molecule has 7 heteroatoms. The van der Waals surface area contributed by atoms with Crippen molar-refractivity contribution in [2.75, 3.05) is 31.6 Å². The summed E-state index contributed by atoms with van der Waals surface area (Å²) in [4.78, 5) is 14.8. The van der Waals surface area contributed by atoms with Gasteiger partial charge in [-0.2, -0.15) is 4.31 Å². The number of carbonyl (C=O) groups excluding carboxylic acids is 1. The van der Waals surface area contributed by atoms with Crippen LogP contribution in [0.3, 0.4) is 0 Å². The molecule has 0 saturated carbocycles. The number of hydrogen-bond donors (Lipinski definition) is 0. The number of fused-ring (bicyclic) bond motifs is 1. The Morgan fingerprint density at radius 2 is 1.79 bits per heavy atom. The van der Waals surface area contributed by atoms with Gasteiger partial charge >= 0.3 is 0 Å². The fourth-order valence-corrected chi connectivity index (χ4v) is 5.20. The molecule has 2 aromatic rings. The van der Waals surface area contributed by atoms with Crippen LogP contribution in [0.5, 0.6) is 5.75 Å². The van der Waals surface area contributed by atoms with E-state index in [9.17, 15) is 13.2 Å². The maximum atomic E-state index is 12.8. The molecule has 0 radical (unpaired) electrons. The first-order chi connectivity index (χ1) is 13.9. The molecule has 6 nitrogen and oxygen atoms in total. The zero-order chi connectivity index (χ0) is 21.0. The predicted octanol–water partition coefficient (Wildman–Crippen LogP) is 3.25. The van der Waals surface area contributed by atoms with Crippen LogP contribution in [-0.4, -0.2) is 45.4 Å². The molecule has 1 aliphatic heterocycles. The molecule has 156 valence electrons. The molecule has 0 fully saturated rings. The second-order valence-electron chi connectivity index (χ2n) is 7.02. The quantitative estimate of drug-likeness (QED) is 0.663. The summed E-state index contributed by atoms with van der Waals surface area (Å²) in [5, 5.41) is 0. The Morgan fingerprint density at radius 1 is 1.10 bits per heavy atom. The van der Waals surface area contributed by atoms with E-state index < -0.39 is 10.0 Å². The van der Waals surface area contributed by atoms with Crippen molar-refractivity contribution in [3.63, 3.8) is 0 Å². The molecular weight excluding hydrogens is 388 g/mol. The molecule has 29 heavy (non-hydrogen) atoms. The third kappa shape index (κ3) is 4.46. The Labute approximate surface area is 173 Å². The fraction of sp³-hybridized carbons (Fsp3) is 0.409. The Hall–Kier alpha value is -2.38. The maximum Gasteiger partial charge on any atom is 0.243 e. The van der Waals surface area contributed by atoms with Crippen LogP contribution in [0.25, 0.3) is 0 Å². The summed E-state index contributed by atoms with van der Waals surface area (Å²) in [5.74, 6) is 0.850. The number of benzene rings is 2. The number of ether oxygens (including phenoxy) is 1. The van der Waals surface area contributed by atoms with Crippen LogP contribution >= 0.6 is 0 Å². The number of amides is 1. The van der Waals surface area contributed by atoms with Crippen LogP contribution < -0.4 is 9.64 Å². The Morgan fingerprint density at radius 3 is 2.41 bits per heavy atom. The third-order valence-electron chi connectivity index (χ3n) is 5.38. The molecule has 1 aliphatic rings. The number of anilines is 1. The highest BCUT2D eigenvalue weighted by Crippen LogP contribution is 2.31. The Kier molecular flexibility index (Phi) is 6.59. The zero-order valence-electron chi connectivity index (χ0n) is 17.2. The summed E-state index contributed by atoms with van der Waals surface area (Å²) in [6, 6.07) is 12.8. The van der Waals surface area contributed by atoms with Gasteiger partial charge in [-0.3, -0.25) is 4.79 Å². The Bertz CT molecular complexity index is 967. The molecule has 1 heterocycles. The van der Waals surface area contributed by atoms with Crippen molar-refractivity contribution in [1.29, 1.82) is 0 Å². The molecule has 2 aromatic carbocycles. The standard InChI is InChI=1S/C22H28N2O4S/c1-4-23(5-2)29(26,27)20-11-12-21-18(16-20)14-15-24(21)22(25)13-8-17-6-9-19(28-3)10-7-17/h6-7,9-12,16H,4-5,8,13-15H2,1-3H3. The third-order valence-corrected chi connectivity index (χ3v) is 7.42. The van der Waals surface area contributed by atoms with E-state index >= 15 is 0 Å². The second-order valence-corrected chi connectivity index (χ2v) is 8.96. The van der Waals surface area contributed by atoms with Crippen LogP contribution in [0.2, 0.25) is 0 Å². The van der Waals surface area contributed by atoms with Gasteiger partial charge in [0.1, 0.15) is 5.75 Å². The van der Waals surface area contributed by atoms with E-state index in [2.05, 4.69) is 0 Å². The van der Waals surface area contributed by atoms with Crippen LogP contribution in [0.4, 0.5) is 5.69 Å².